The molecule has 1 aliphatic heterocycles. The number of carbonyl (C=O) groups is 2. The first-order chi connectivity index (χ1) is 15.0. The first-order valence-electron chi connectivity index (χ1n) is 9.53. The fourth-order valence-corrected chi connectivity index (χ4v) is 4.12. The van der Waals surface area contributed by atoms with Crippen LogP contribution >= 0.6 is 11.8 Å². The van der Waals surface area contributed by atoms with Crippen molar-refractivity contribution in [3.63, 3.8) is 0 Å². The zero-order valence-corrected chi connectivity index (χ0v) is 17.7. The van der Waals surface area contributed by atoms with Gasteiger partial charge in [0.05, 0.1) is 34.6 Å². The van der Waals surface area contributed by atoms with Gasteiger partial charge >= 0.3 is 5.97 Å². The van der Waals surface area contributed by atoms with Crippen molar-refractivity contribution in [2.45, 2.75) is 12.8 Å². The smallest absolute Gasteiger partial charge is 0.336 e. The molecule has 0 spiro atoms. The number of nitrogens with one attached hydrogen (secondary N) is 1. The van der Waals surface area contributed by atoms with Crippen LogP contribution in [0.25, 0.3) is 0 Å². The summed E-state index contributed by atoms with van der Waals surface area (Å²) in [5.41, 5.74) is 1.38. The SMILES string of the molecule is C=CCOC(=O)C1=C(C)N=C(SCC(=O)Nc2ccccc2)C(C#N)C1c1ccco1. The standard InChI is InChI=1S/C23H21N3O4S/c1-3-11-30-23(28)20-15(2)25-22(17(13-24)21(20)18-10-7-12-29-18)31-14-19(27)26-16-8-5-4-6-9-16/h3-10,12,17,21H,1,11,14H2,2H3,(H,26,27). The van der Waals surface area contributed by atoms with E-state index in [9.17, 15) is 14.9 Å². The number of esters is 1. The van der Waals surface area contributed by atoms with Crippen molar-refractivity contribution in [2.75, 3.05) is 17.7 Å². The summed E-state index contributed by atoms with van der Waals surface area (Å²) in [5, 5.41) is 13.2. The largest absolute Gasteiger partial charge is 0.469 e. The van der Waals surface area contributed by atoms with Gasteiger partial charge in [0.25, 0.3) is 0 Å². The van der Waals surface area contributed by atoms with Gasteiger partial charge in [0.15, 0.2) is 0 Å². The Morgan fingerprint density at radius 2 is 2.10 bits per heavy atom. The summed E-state index contributed by atoms with van der Waals surface area (Å²) in [4.78, 5) is 29.5. The number of furan rings is 1. The van der Waals surface area contributed by atoms with Crippen molar-refractivity contribution in [2.24, 2.45) is 10.9 Å². The maximum absolute atomic E-state index is 12.7. The molecule has 0 radical (unpaired) electrons. The number of ether oxygens (including phenoxy) is 1. The van der Waals surface area contributed by atoms with Crippen LogP contribution in [0.5, 0.6) is 0 Å². The van der Waals surface area contributed by atoms with Crippen LogP contribution < -0.4 is 5.32 Å². The van der Waals surface area contributed by atoms with Crippen LogP contribution in [0.3, 0.4) is 0 Å². The minimum atomic E-state index is -0.796. The van der Waals surface area contributed by atoms with Gasteiger partial charge in [0.2, 0.25) is 5.91 Å². The molecule has 0 bridgehead atoms. The second-order valence-corrected chi connectivity index (χ2v) is 7.63. The van der Waals surface area contributed by atoms with Crippen molar-refractivity contribution in [3.05, 3.63) is 78.4 Å². The molecule has 0 saturated carbocycles. The van der Waals surface area contributed by atoms with E-state index in [-0.39, 0.29) is 23.8 Å². The van der Waals surface area contributed by atoms with Crippen LogP contribution in [0.15, 0.2) is 82.1 Å². The Balaban J connectivity index is 1.85. The van der Waals surface area contributed by atoms with Crippen molar-refractivity contribution in [1.29, 1.82) is 5.26 Å². The summed E-state index contributed by atoms with van der Waals surface area (Å²) in [5.74, 6) is -1.75. The number of carbonyl (C=O) groups excluding carboxylic acids is 2. The number of nitrogens with zero attached hydrogens (tertiary/aromatic N) is 2. The fourth-order valence-electron chi connectivity index (χ4n) is 3.20. The second kappa shape index (κ2) is 10.5. The number of thioether (sulfide) groups is 1. The predicted molar refractivity (Wildman–Crippen MR) is 119 cm³/mol. The van der Waals surface area contributed by atoms with E-state index in [1.54, 1.807) is 31.2 Å². The van der Waals surface area contributed by atoms with Gasteiger partial charge in [-0.2, -0.15) is 5.26 Å². The van der Waals surface area contributed by atoms with Gasteiger partial charge in [-0.3, -0.25) is 4.79 Å². The molecule has 158 valence electrons. The number of amides is 1. The fraction of sp³-hybridized carbons (Fsp3) is 0.217. The van der Waals surface area contributed by atoms with Crippen LogP contribution in [0, 0.1) is 17.2 Å². The highest BCUT2D eigenvalue weighted by Gasteiger charge is 2.41. The molecule has 1 aromatic carbocycles. The maximum atomic E-state index is 12.7. The van der Waals surface area contributed by atoms with Crippen LogP contribution in [-0.2, 0) is 14.3 Å². The summed E-state index contributed by atoms with van der Waals surface area (Å²) in [6.45, 7) is 5.27. The molecule has 1 N–H and O–H groups in total. The van der Waals surface area contributed by atoms with Crippen molar-refractivity contribution in [3.8, 4) is 6.07 Å². The van der Waals surface area contributed by atoms with E-state index in [4.69, 9.17) is 9.15 Å². The molecule has 0 saturated heterocycles. The summed E-state index contributed by atoms with van der Waals surface area (Å²) >= 11 is 1.17. The first kappa shape index (κ1) is 22.1. The van der Waals surface area contributed by atoms with Crippen molar-refractivity contribution in [1.82, 2.24) is 0 Å². The molecule has 3 rings (SSSR count). The number of rotatable bonds is 7. The van der Waals surface area contributed by atoms with E-state index in [1.807, 2.05) is 18.2 Å². The van der Waals surface area contributed by atoms with E-state index >= 15 is 0 Å². The Bertz CT molecular complexity index is 1050. The number of nitriles is 1. The number of hydrogen-bond acceptors (Lipinski definition) is 7. The van der Waals surface area contributed by atoms with E-state index in [1.165, 1.54) is 24.1 Å². The summed E-state index contributed by atoms with van der Waals surface area (Å²) in [6.07, 6.45) is 2.95. The molecular formula is C23H21N3O4S. The lowest BCUT2D eigenvalue weighted by Crippen LogP contribution is -2.30. The quantitative estimate of drug-likeness (QED) is 0.514. The second-order valence-electron chi connectivity index (χ2n) is 6.64. The number of aliphatic imine (C=N–C) groups is 1. The highest BCUT2D eigenvalue weighted by atomic mass is 32.2. The molecule has 2 atom stereocenters. The lowest BCUT2D eigenvalue weighted by molar-refractivity contribution is -0.138. The zero-order chi connectivity index (χ0) is 22.2. The molecular weight excluding hydrogens is 414 g/mol. The minimum Gasteiger partial charge on any atom is -0.469 e. The molecule has 8 heteroatoms. The Labute approximate surface area is 184 Å². The number of allylic oxidation sites excluding steroid dienone is 1. The van der Waals surface area contributed by atoms with Gasteiger partial charge < -0.3 is 14.5 Å². The predicted octanol–water partition coefficient (Wildman–Crippen LogP) is 4.29. The molecule has 31 heavy (non-hydrogen) atoms. The van der Waals surface area contributed by atoms with Crippen molar-refractivity contribution < 1.29 is 18.7 Å². The maximum Gasteiger partial charge on any atom is 0.336 e. The van der Waals surface area contributed by atoms with Crippen LogP contribution in [0.4, 0.5) is 5.69 Å². The lowest BCUT2D eigenvalue weighted by atomic mass is 9.82. The molecule has 2 aromatic rings. The summed E-state index contributed by atoms with van der Waals surface area (Å²) in [6, 6.07) is 14.7. The highest BCUT2D eigenvalue weighted by Crippen LogP contribution is 2.41. The Morgan fingerprint density at radius 3 is 2.74 bits per heavy atom. The highest BCUT2D eigenvalue weighted by molar-refractivity contribution is 8.14. The third-order valence-electron chi connectivity index (χ3n) is 4.53. The monoisotopic (exact) mass is 435 g/mol. The third kappa shape index (κ3) is 5.32. The lowest BCUT2D eigenvalue weighted by Gasteiger charge is -2.28. The zero-order valence-electron chi connectivity index (χ0n) is 16.9. The van der Waals surface area contributed by atoms with E-state index in [0.717, 1.165) is 0 Å². The molecule has 1 amide bonds. The molecule has 0 fully saturated rings. The van der Waals surface area contributed by atoms with Gasteiger partial charge in [-0.1, -0.05) is 42.6 Å². The van der Waals surface area contributed by atoms with Gasteiger partial charge in [-0.25, -0.2) is 9.79 Å². The van der Waals surface area contributed by atoms with E-state index in [2.05, 4.69) is 23.0 Å². The van der Waals surface area contributed by atoms with Crippen LogP contribution in [-0.4, -0.2) is 29.3 Å². The van der Waals surface area contributed by atoms with Crippen molar-refractivity contribution >= 4 is 34.4 Å². The Kier molecular flexibility index (Phi) is 7.46. The number of hydrogen-bond donors (Lipinski definition) is 1. The van der Waals surface area contributed by atoms with Gasteiger partial charge in [-0.15, -0.1) is 0 Å². The van der Waals surface area contributed by atoms with Gasteiger partial charge in [0, 0.05) is 11.4 Å². The third-order valence-corrected chi connectivity index (χ3v) is 5.58. The molecule has 2 heterocycles. The van der Waals surface area contributed by atoms with E-state index in [0.29, 0.717) is 22.2 Å². The Hall–Kier alpha value is -3.57. The normalized spacial score (nSPS) is 18.0. The molecule has 1 aliphatic rings. The average molecular weight is 436 g/mol. The van der Waals surface area contributed by atoms with Crippen LogP contribution in [0.1, 0.15) is 18.6 Å². The van der Waals surface area contributed by atoms with E-state index < -0.39 is 17.8 Å². The number of benzene rings is 1. The van der Waals surface area contributed by atoms with Gasteiger partial charge in [-0.05, 0) is 31.2 Å². The molecule has 2 unspecified atom stereocenters. The Morgan fingerprint density at radius 1 is 1.32 bits per heavy atom. The minimum absolute atomic E-state index is 0.0443. The first-order valence-corrected chi connectivity index (χ1v) is 10.5. The number of anilines is 1. The summed E-state index contributed by atoms with van der Waals surface area (Å²) in [7, 11) is 0. The topological polar surface area (TPSA) is 105 Å². The average Bonchev–Trinajstić information content (AvgIpc) is 3.30. The number of para-hydroxylation sites is 1. The molecule has 1 aromatic heterocycles. The summed E-state index contributed by atoms with van der Waals surface area (Å²) < 4.78 is 10.8. The van der Waals surface area contributed by atoms with Gasteiger partial charge in [0.1, 0.15) is 18.3 Å². The molecule has 0 aliphatic carbocycles. The van der Waals surface area contributed by atoms with Crippen LogP contribution in [0.2, 0.25) is 0 Å². The molecule has 7 nitrogen and oxygen atoms in total.